The monoisotopic (exact) mass is 273 g/mol. The van der Waals surface area contributed by atoms with Gasteiger partial charge in [0.05, 0.1) is 5.25 Å². The number of likely N-dealkylation sites (tertiary alicyclic amines) is 1. The lowest BCUT2D eigenvalue weighted by atomic mass is 10.2. The Hall–Kier alpha value is -0.170. The van der Waals surface area contributed by atoms with Gasteiger partial charge in [0.25, 0.3) is 0 Å². The van der Waals surface area contributed by atoms with Gasteiger partial charge < -0.3 is 5.32 Å². The predicted molar refractivity (Wildman–Crippen MR) is 70.9 cm³/mol. The lowest BCUT2D eigenvalue weighted by Gasteiger charge is -2.25. The summed E-state index contributed by atoms with van der Waals surface area (Å²) in [6, 6.07) is 0.883. The molecule has 5 nitrogen and oxygen atoms in total. The van der Waals surface area contributed by atoms with Crippen LogP contribution in [0.15, 0.2) is 0 Å². The van der Waals surface area contributed by atoms with Crippen LogP contribution in [0.25, 0.3) is 0 Å². The summed E-state index contributed by atoms with van der Waals surface area (Å²) in [7, 11) is -3.13. The fourth-order valence-electron chi connectivity index (χ4n) is 3.07. The molecule has 2 aliphatic heterocycles. The van der Waals surface area contributed by atoms with E-state index >= 15 is 0 Å². The van der Waals surface area contributed by atoms with Crippen LogP contribution in [0.5, 0.6) is 0 Å². The van der Waals surface area contributed by atoms with Crippen LogP contribution in [0.2, 0.25) is 0 Å². The molecule has 3 rings (SSSR count). The molecule has 18 heavy (non-hydrogen) atoms. The van der Waals surface area contributed by atoms with Gasteiger partial charge in [-0.3, -0.25) is 4.90 Å². The molecule has 3 aliphatic rings. The number of nitrogens with one attached hydrogen (secondary N) is 2. The first-order chi connectivity index (χ1) is 8.65. The molecule has 0 amide bonds. The SMILES string of the molecule is O=S(=O)(NC1CCN(C2CC2)C1)C1CCCNC1. The van der Waals surface area contributed by atoms with Crippen LogP contribution >= 0.6 is 0 Å². The van der Waals surface area contributed by atoms with Gasteiger partial charge in [-0.25, -0.2) is 13.1 Å². The van der Waals surface area contributed by atoms with Crippen molar-refractivity contribution in [2.75, 3.05) is 26.2 Å². The second-order valence-electron chi connectivity index (χ2n) is 5.84. The van der Waals surface area contributed by atoms with E-state index in [0.29, 0.717) is 6.54 Å². The molecule has 0 aromatic rings. The standard InChI is InChI=1S/C12H23N3O2S/c16-18(17,12-2-1-6-13-8-12)14-10-5-7-15(9-10)11-3-4-11/h10-14H,1-9H2. The Labute approximate surface area is 109 Å². The van der Waals surface area contributed by atoms with E-state index in [-0.39, 0.29) is 11.3 Å². The van der Waals surface area contributed by atoms with Gasteiger partial charge in [-0.1, -0.05) is 0 Å². The van der Waals surface area contributed by atoms with Crippen LogP contribution in [0, 0.1) is 0 Å². The number of nitrogens with zero attached hydrogens (tertiary/aromatic N) is 1. The minimum atomic E-state index is -3.13. The molecule has 2 N–H and O–H groups in total. The summed E-state index contributed by atoms with van der Waals surface area (Å²) in [5.74, 6) is 0. The number of sulfonamides is 1. The molecule has 0 aromatic carbocycles. The highest BCUT2D eigenvalue weighted by molar-refractivity contribution is 7.90. The smallest absolute Gasteiger partial charge is 0.216 e. The Morgan fingerprint density at radius 3 is 2.67 bits per heavy atom. The average Bonchev–Trinajstić information content (AvgIpc) is 3.12. The van der Waals surface area contributed by atoms with Crippen molar-refractivity contribution in [1.82, 2.24) is 14.9 Å². The van der Waals surface area contributed by atoms with Crippen LogP contribution in [0.1, 0.15) is 32.1 Å². The third-order valence-electron chi connectivity index (χ3n) is 4.30. The van der Waals surface area contributed by atoms with Gasteiger partial charge in [0.15, 0.2) is 0 Å². The largest absolute Gasteiger partial charge is 0.315 e. The van der Waals surface area contributed by atoms with Gasteiger partial charge in [0.1, 0.15) is 0 Å². The van der Waals surface area contributed by atoms with Gasteiger partial charge in [0, 0.05) is 31.7 Å². The fourth-order valence-corrected chi connectivity index (χ4v) is 4.73. The van der Waals surface area contributed by atoms with Gasteiger partial charge in [-0.05, 0) is 38.6 Å². The van der Waals surface area contributed by atoms with Crippen molar-refractivity contribution in [1.29, 1.82) is 0 Å². The Kier molecular flexibility index (Phi) is 3.62. The molecule has 2 atom stereocenters. The normalized spacial score (nSPS) is 34.9. The van der Waals surface area contributed by atoms with Gasteiger partial charge in [0.2, 0.25) is 10.0 Å². The van der Waals surface area contributed by atoms with Crippen molar-refractivity contribution >= 4 is 10.0 Å². The number of hydrogen-bond acceptors (Lipinski definition) is 4. The molecule has 0 bridgehead atoms. The van der Waals surface area contributed by atoms with Crippen LogP contribution in [-0.4, -0.2) is 56.8 Å². The van der Waals surface area contributed by atoms with E-state index in [2.05, 4.69) is 14.9 Å². The van der Waals surface area contributed by atoms with Crippen molar-refractivity contribution in [2.24, 2.45) is 0 Å². The van der Waals surface area contributed by atoms with Crippen LogP contribution in [-0.2, 0) is 10.0 Å². The first-order valence-corrected chi connectivity index (χ1v) is 8.66. The second-order valence-corrected chi connectivity index (χ2v) is 7.84. The minimum absolute atomic E-state index is 0.137. The summed E-state index contributed by atoms with van der Waals surface area (Å²) < 4.78 is 27.5. The number of piperidine rings is 1. The molecular formula is C12H23N3O2S. The highest BCUT2D eigenvalue weighted by Crippen LogP contribution is 2.30. The summed E-state index contributed by atoms with van der Waals surface area (Å²) in [5, 5.41) is 2.94. The first kappa shape index (κ1) is 12.8. The van der Waals surface area contributed by atoms with Gasteiger partial charge in [-0.15, -0.1) is 0 Å². The average molecular weight is 273 g/mol. The lowest BCUT2D eigenvalue weighted by molar-refractivity contribution is 0.321. The van der Waals surface area contributed by atoms with E-state index in [1.807, 2.05) is 0 Å². The topological polar surface area (TPSA) is 61.4 Å². The predicted octanol–water partition coefficient (Wildman–Crippen LogP) is -0.105. The Bertz CT molecular complexity index is 388. The molecule has 104 valence electrons. The molecule has 0 spiro atoms. The van der Waals surface area contributed by atoms with E-state index in [1.54, 1.807) is 0 Å². The van der Waals surface area contributed by atoms with E-state index in [1.165, 1.54) is 12.8 Å². The second kappa shape index (κ2) is 5.07. The van der Waals surface area contributed by atoms with Crippen molar-refractivity contribution in [2.45, 2.75) is 49.4 Å². The molecule has 0 radical (unpaired) electrons. The van der Waals surface area contributed by atoms with Crippen molar-refractivity contribution in [3.63, 3.8) is 0 Å². The van der Waals surface area contributed by atoms with E-state index < -0.39 is 10.0 Å². The maximum Gasteiger partial charge on any atom is 0.216 e. The van der Waals surface area contributed by atoms with Crippen molar-refractivity contribution < 1.29 is 8.42 Å². The third-order valence-corrected chi connectivity index (χ3v) is 6.25. The zero-order valence-electron chi connectivity index (χ0n) is 10.8. The number of rotatable bonds is 4. The molecule has 2 heterocycles. The molecule has 0 aromatic heterocycles. The molecule has 3 fully saturated rings. The van der Waals surface area contributed by atoms with Crippen molar-refractivity contribution in [3.05, 3.63) is 0 Å². The quantitative estimate of drug-likeness (QED) is 0.750. The van der Waals surface area contributed by atoms with Crippen molar-refractivity contribution in [3.8, 4) is 0 Å². The third kappa shape index (κ3) is 2.87. The lowest BCUT2D eigenvalue weighted by Crippen LogP contribution is -2.48. The highest BCUT2D eigenvalue weighted by atomic mass is 32.2. The van der Waals surface area contributed by atoms with E-state index in [9.17, 15) is 8.42 Å². The van der Waals surface area contributed by atoms with E-state index in [0.717, 1.165) is 44.9 Å². The molecular weight excluding hydrogens is 250 g/mol. The van der Waals surface area contributed by atoms with E-state index in [4.69, 9.17) is 0 Å². The molecule has 2 unspecified atom stereocenters. The first-order valence-electron chi connectivity index (χ1n) is 7.11. The number of hydrogen-bond donors (Lipinski definition) is 2. The Morgan fingerprint density at radius 1 is 1.17 bits per heavy atom. The maximum atomic E-state index is 12.3. The van der Waals surface area contributed by atoms with Gasteiger partial charge in [-0.2, -0.15) is 0 Å². The molecule has 6 heteroatoms. The highest BCUT2D eigenvalue weighted by Gasteiger charge is 2.37. The summed E-state index contributed by atoms with van der Waals surface area (Å²) >= 11 is 0. The molecule has 2 saturated heterocycles. The molecule has 1 aliphatic carbocycles. The fraction of sp³-hybridized carbons (Fsp3) is 1.00. The summed E-state index contributed by atoms with van der Waals surface area (Å²) in [5.41, 5.74) is 0. The van der Waals surface area contributed by atoms with Crippen LogP contribution < -0.4 is 10.0 Å². The Morgan fingerprint density at radius 2 is 2.00 bits per heavy atom. The molecule has 1 saturated carbocycles. The summed E-state index contributed by atoms with van der Waals surface area (Å²) in [4.78, 5) is 2.44. The zero-order chi connectivity index (χ0) is 12.6. The van der Waals surface area contributed by atoms with Crippen LogP contribution in [0.4, 0.5) is 0 Å². The van der Waals surface area contributed by atoms with Crippen LogP contribution in [0.3, 0.4) is 0 Å². The van der Waals surface area contributed by atoms with Gasteiger partial charge >= 0.3 is 0 Å². The summed E-state index contributed by atoms with van der Waals surface area (Å²) in [6.07, 6.45) is 5.32. The minimum Gasteiger partial charge on any atom is -0.315 e. The maximum absolute atomic E-state index is 12.3. The zero-order valence-corrected chi connectivity index (χ0v) is 11.6. The summed E-state index contributed by atoms with van der Waals surface area (Å²) in [6.45, 7) is 3.52. The Balaban J connectivity index is 1.54.